The third-order valence-electron chi connectivity index (χ3n) is 4.12. The van der Waals surface area contributed by atoms with Crippen LogP contribution >= 0.6 is 0 Å². The smallest absolute Gasteiger partial charge is 0.292 e. The molecule has 1 saturated carbocycles. The Labute approximate surface area is 114 Å². The maximum Gasteiger partial charge on any atom is 0.292 e. The lowest BCUT2D eigenvalue weighted by Gasteiger charge is -2.34. The molecule has 1 aromatic carbocycles. The van der Waals surface area contributed by atoms with Crippen LogP contribution in [-0.2, 0) is 0 Å². The molecule has 0 atom stereocenters. The second-order valence-electron chi connectivity index (χ2n) is 6.00. The first-order valence-corrected chi connectivity index (χ1v) is 6.99. The van der Waals surface area contributed by atoms with Gasteiger partial charge in [0.25, 0.3) is 5.69 Å². The normalized spacial score (nSPS) is 18.0. The minimum atomic E-state index is -0.315. The third kappa shape index (κ3) is 3.46. The zero-order valence-electron chi connectivity index (χ0n) is 11.7. The Morgan fingerprint density at radius 3 is 2.63 bits per heavy atom. The number of aryl methyl sites for hydroxylation is 1. The highest BCUT2D eigenvalue weighted by Gasteiger charge is 2.27. The van der Waals surface area contributed by atoms with Crippen molar-refractivity contribution < 1.29 is 4.92 Å². The predicted octanol–water partition coefficient (Wildman–Crippen LogP) is 4.29. The van der Waals surface area contributed by atoms with Crippen molar-refractivity contribution in [1.82, 2.24) is 0 Å². The molecule has 1 aliphatic rings. The minimum absolute atomic E-state index is 0.171. The third-order valence-corrected chi connectivity index (χ3v) is 4.12. The average Bonchev–Trinajstić information content (AvgIpc) is 2.37. The first-order valence-electron chi connectivity index (χ1n) is 6.99. The molecule has 0 spiro atoms. The zero-order valence-corrected chi connectivity index (χ0v) is 11.7. The fraction of sp³-hybridized carbons (Fsp3) is 0.600. The molecule has 0 aromatic heterocycles. The monoisotopic (exact) mass is 262 g/mol. The van der Waals surface area contributed by atoms with Crippen LogP contribution in [0.15, 0.2) is 18.2 Å². The summed E-state index contributed by atoms with van der Waals surface area (Å²) >= 11 is 0. The molecule has 1 N–H and O–H groups in total. The topological polar surface area (TPSA) is 55.2 Å². The molecule has 0 aliphatic heterocycles. The Kier molecular flexibility index (Phi) is 4.08. The van der Waals surface area contributed by atoms with E-state index in [2.05, 4.69) is 12.2 Å². The van der Waals surface area contributed by atoms with Gasteiger partial charge in [0, 0.05) is 12.6 Å². The summed E-state index contributed by atoms with van der Waals surface area (Å²) in [7, 11) is 0. The first kappa shape index (κ1) is 13.8. The van der Waals surface area contributed by atoms with Crippen LogP contribution in [0, 0.1) is 22.5 Å². The summed E-state index contributed by atoms with van der Waals surface area (Å²) in [4.78, 5) is 10.7. The van der Waals surface area contributed by atoms with Crippen LogP contribution in [0.1, 0.15) is 44.6 Å². The van der Waals surface area contributed by atoms with Crippen molar-refractivity contribution in [2.45, 2.75) is 46.0 Å². The van der Waals surface area contributed by atoms with E-state index in [1.807, 2.05) is 13.0 Å². The quantitative estimate of drug-likeness (QED) is 0.650. The Hall–Kier alpha value is -1.58. The van der Waals surface area contributed by atoms with Gasteiger partial charge < -0.3 is 5.32 Å². The number of hydrogen-bond acceptors (Lipinski definition) is 3. The highest BCUT2D eigenvalue weighted by molar-refractivity contribution is 5.62. The molecule has 1 aliphatic carbocycles. The van der Waals surface area contributed by atoms with Crippen molar-refractivity contribution in [3.05, 3.63) is 33.9 Å². The number of anilines is 1. The van der Waals surface area contributed by atoms with Crippen LogP contribution < -0.4 is 5.32 Å². The van der Waals surface area contributed by atoms with Gasteiger partial charge in [-0.3, -0.25) is 10.1 Å². The summed E-state index contributed by atoms with van der Waals surface area (Å²) in [6.07, 6.45) is 6.28. The van der Waals surface area contributed by atoms with Crippen molar-refractivity contribution in [3.8, 4) is 0 Å². The van der Waals surface area contributed by atoms with Gasteiger partial charge in [0.05, 0.1) is 4.92 Å². The fourth-order valence-corrected chi connectivity index (χ4v) is 2.84. The molecule has 0 heterocycles. The Morgan fingerprint density at radius 2 is 2.00 bits per heavy atom. The lowest BCUT2D eigenvalue weighted by Crippen LogP contribution is -2.29. The molecule has 4 nitrogen and oxygen atoms in total. The molecule has 0 radical (unpaired) electrons. The molecular formula is C15H22N2O2. The number of nitro benzene ring substituents is 1. The van der Waals surface area contributed by atoms with Gasteiger partial charge in [-0.1, -0.05) is 32.3 Å². The van der Waals surface area contributed by atoms with E-state index in [0.29, 0.717) is 5.69 Å². The van der Waals surface area contributed by atoms with E-state index >= 15 is 0 Å². The van der Waals surface area contributed by atoms with Crippen molar-refractivity contribution in [1.29, 1.82) is 0 Å². The van der Waals surface area contributed by atoms with E-state index in [4.69, 9.17) is 0 Å². The van der Waals surface area contributed by atoms with Crippen LogP contribution in [0.25, 0.3) is 0 Å². The second kappa shape index (κ2) is 5.59. The molecule has 104 valence electrons. The molecule has 1 aromatic rings. The van der Waals surface area contributed by atoms with Gasteiger partial charge in [0.15, 0.2) is 0 Å². The van der Waals surface area contributed by atoms with Gasteiger partial charge in [0.2, 0.25) is 0 Å². The van der Waals surface area contributed by atoms with Crippen LogP contribution in [-0.4, -0.2) is 11.5 Å². The summed E-state index contributed by atoms with van der Waals surface area (Å²) in [5, 5.41) is 14.3. The average molecular weight is 262 g/mol. The van der Waals surface area contributed by atoms with Gasteiger partial charge in [-0.25, -0.2) is 0 Å². The largest absolute Gasteiger partial charge is 0.379 e. The summed E-state index contributed by atoms with van der Waals surface area (Å²) < 4.78 is 0. The van der Waals surface area contributed by atoms with E-state index in [-0.39, 0.29) is 16.0 Å². The van der Waals surface area contributed by atoms with E-state index in [1.165, 1.54) is 32.1 Å². The summed E-state index contributed by atoms with van der Waals surface area (Å²) in [6, 6.07) is 5.23. The fourth-order valence-electron chi connectivity index (χ4n) is 2.84. The van der Waals surface area contributed by atoms with Crippen molar-refractivity contribution in [3.63, 3.8) is 0 Å². The number of hydrogen-bond donors (Lipinski definition) is 1. The number of benzene rings is 1. The van der Waals surface area contributed by atoms with E-state index in [1.54, 1.807) is 12.1 Å². The number of nitrogens with one attached hydrogen (secondary N) is 1. The lowest BCUT2D eigenvalue weighted by molar-refractivity contribution is -0.384. The Bertz CT molecular complexity index is 465. The maximum absolute atomic E-state index is 11.0. The van der Waals surface area contributed by atoms with Gasteiger partial charge in [-0.2, -0.15) is 0 Å². The van der Waals surface area contributed by atoms with Gasteiger partial charge in [-0.15, -0.1) is 0 Å². The summed E-state index contributed by atoms with van der Waals surface area (Å²) in [5.41, 5.74) is 2.14. The number of nitrogens with zero attached hydrogens (tertiary/aromatic N) is 1. The molecule has 0 amide bonds. The van der Waals surface area contributed by atoms with Crippen molar-refractivity contribution >= 4 is 11.4 Å². The molecule has 0 bridgehead atoms. The van der Waals surface area contributed by atoms with Crippen molar-refractivity contribution in [2.24, 2.45) is 5.41 Å². The summed E-state index contributed by atoms with van der Waals surface area (Å²) in [6.45, 7) is 5.05. The van der Waals surface area contributed by atoms with Gasteiger partial charge in [-0.05, 0) is 36.8 Å². The molecule has 0 saturated heterocycles. The molecule has 0 unspecified atom stereocenters. The van der Waals surface area contributed by atoms with Crippen LogP contribution in [0.4, 0.5) is 11.4 Å². The Morgan fingerprint density at radius 1 is 1.32 bits per heavy atom. The summed E-state index contributed by atoms with van der Waals surface area (Å²) in [5.74, 6) is 0. The molecule has 4 heteroatoms. The number of nitro groups is 1. The SMILES string of the molecule is Cc1ccc([N+](=O)[O-])c(NCC2(C)CCCCC2)c1. The molecular weight excluding hydrogens is 240 g/mol. The molecule has 1 fully saturated rings. The Balaban J connectivity index is 2.10. The van der Waals surface area contributed by atoms with Gasteiger partial charge in [0.1, 0.15) is 5.69 Å². The van der Waals surface area contributed by atoms with E-state index in [0.717, 1.165) is 12.1 Å². The van der Waals surface area contributed by atoms with Crippen LogP contribution in [0.3, 0.4) is 0 Å². The van der Waals surface area contributed by atoms with E-state index in [9.17, 15) is 10.1 Å². The molecule has 2 rings (SSSR count). The van der Waals surface area contributed by atoms with Crippen LogP contribution in [0.5, 0.6) is 0 Å². The number of rotatable bonds is 4. The predicted molar refractivity (Wildman–Crippen MR) is 77.5 cm³/mol. The minimum Gasteiger partial charge on any atom is -0.379 e. The standard InChI is InChI=1S/C15H22N2O2/c1-12-6-7-14(17(18)19)13(10-12)16-11-15(2)8-4-3-5-9-15/h6-7,10,16H,3-5,8-9,11H2,1-2H3. The maximum atomic E-state index is 11.0. The highest BCUT2D eigenvalue weighted by Crippen LogP contribution is 2.36. The van der Waals surface area contributed by atoms with Crippen LogP contribution in [0.2, 0.25) is 0 Å². The zero-order chi connectivity index (χ0) is 13.9. The van der Waals surface area contributed by atoms with Gasteiger partial charge >= 0.3 is 0 Å². The first-order chi connectivity index (χ1) is 9.00. The van der Waals surface area contributed by atoms with Crippen molar-refractivity contribution in [2.75, 3.05) is 11.9 Å². The highest BCUT2D eigenvalue weighted by atomic mass is 16.6. The lowest BCUT2D eigenvalue weighted by atomic mass is 9.75. The second-order valence-corrected chi connectivity index (χ2v) is 6.00. The molecule has 19 heavy (non-hydrogen) atoms. The van der Waals surface area contributed by atoms with E-state index < -0.39 is 0 Å².